The van der Waals surface area contributed by atoms with Crippen LogP contribution in [-0.2, 0) is 0 Å². The predicted molar refractivity (Wildman–Crippen MR) is 55.2 cm³/mol. The SMILES string of the molecule is Cc1cc(C)cc(OC[C@@H](O)C[NH3+])c1. The van der Waals surface area contributed by atoms with E-state index in [1.807, 2.05) is 26.0 Å². The number of aliphatic hydroxyl groups is 1. The molecule has 1 aromatic rings. The van der Waals surface area contributed by atoms with Crippen LogP contribution in [0.1, 0.15) is 11.1 Å². The van der Waals surface area contributed by atoms with Crippen molar-refractivity contribution in [3.05, 3.63) is 29.3 Å². The number of aryl methyl sites for hydroxylation is 2. The van der Waals surface area contributed by atoms with Gasteiger partial charge in [-0.25, -0.2) is 0 Å². The van der Waals surface area contributed by atoms with E-state index < -0.39 is 6.10 Å². The zero-order chi connectivity index (χ0) is 10.6. The minimum absolute atomic E-state index is 0.312. The summed E-state index contributed by atoms with van der Waals surface area (Å²) in [5.41, 5.74) is 5.94. The number of ether oxygens (including phenoxy) is 1. The molecular weight excluding hydrogens is 178 g/mol. The van der Waals surface area contributed by atoms with Gasteiger partial charge in [-0.3, -0.25) is 0 Å². The lowest BCUT2D eigenvalue weighted by Gasteiger charge is -2.10. The van der Waals surface area contributed by atoms with Crippen molar-refractivity contribution in [2.24, 2.45) is 0 Å². The molecule has 1 aromatic carbocycles. The van der Waals surface area contributed by atoms with Gasteiger partial charge in [0.2, 0.25) is 0 Å². The largest absolute Gasteiger partial charge is 0.491 e. The molecule has 0 aromatic heterocycles. The summed E-state index contributed by atoms with van der Waals surface area (Å²) in [5.74, 6) is 0.815. The van der Waals surface area contributed by atoms with Crippen LogP contribution in [0.25, 0.3) is 0 Å². The summed E-state index contributed by atoms with van der Waals surface area (Å²) in [4.78, 5) is 0. The lowest BCUT2D eigenvalue weighted by molar-refractivity contribution is -0.384. The molecule has 0 aliphatic heterocycles. The van der Waals surface area contributed by atoms with Crippen LogP contribution in [0.3, 0.4) is 0 Å². The predicted octanol–water partition coefficient (Wildman–Crippen LogP) is 0.285. The van der Waals surface area contributed by atoms with Crippen molar-refractivity contribution in [2.45, 2.75) is 20.0 Å². The molecule has 0 radical (unpaired) electrons. The molecule has 0 amide bonds. The van der Waals surface area contributed by atoms with Gasteiger partial charge >= 0.3 is 0 Å². The van der Waals surface area contributed by atoms with E-state index in [0.29, 0.717) is 13.2 Å². The molecule has 0 aliphatic rings. The quantitative estimate of drug-likeness (QED) is 0.727. The second kappa shape index (κ2) is 4.98. The first-order valence-corrected chi connectivity index (χ1v) is 4.80. The van der Waals surface area contributed by atoms with Crippen LogP contribution in [0.5, 0.6) is 5.75 Å². The summed E-state index contributed by atoms with van der Waals surface area (Å²) in [5, 5.41) is 9.27. The first-order valence-electron chi connectivity index (χ1n) is 4.80. The van der Waals surface area contributed by atoms with Gasteiger partial charge in [-0.1, -0.05) is 6.07 Å². The first kappa shape index (κ1) is 11.0. The van der Waals surface area contributed by atoms with Crippen LogP contribution in [-0.4, -0.2) is 24.4 Å². The Bertz CT molecular complexity index is 279. The molecule has 0 saturated heterocycles. The van der Waals surface area contributed by atoms with Crippen molar-refractivity contribution in [2.75, 3.05) is 13.2 Å². The lowest BCUT2D eigenvalue weighted by atomic mass is 10.1. The molecule has 14 heavy (non-hydrogen) atoms. The van der Waals surface area contributed by atoms with Gasteiger partial charge in [0, 0.05) is 0 Å². The van der Waals surface area contributed by atoms with Gasteiger partial charge in [-0.2, -0.15) is 0 Å². The van der Waals surface area contributed by atoms with Crippen LogP contribution in [0.15, 0.2) is 18.2 Å². The fraction of sp³-hybridized carbons (Fsp3) is 0.455. The summed E-state index contributed by atoms with van der Waals surface area (Å²) in [6.07, 6.45) is -0.476. The Morgan fingerprint density at radius 3 is 2.36 bits per heavy atom. The molecule has 0 fully saturated rings. The normalized spacial score (nSPS) is 12.6. The maximum Gasteiger partial charge on any atom is 0.136 e. The van der Waals surface area contributed by atoms with E-state index in [2.05, 4.69) is 11.8 Å². The number of benzene rings is 1. The summed E-state index contributed by atoms with van der Waals surface area (Å²) in [6, 6.07) is 6.01. The third kappa shape index (κ3) is 3.36. The summed E-state index contributed by atoms with van der Waals surface area (Å²) in [7, 11) is 0. The molecule has 78 valence electrons. The van der Waals surface area contributed by atoms with Gasteiger partial charge in [0.15, 0.2) is 0 Å². The molecule has 0 unspecified atom stereocenters. The van der Waals surface area contributed by atoms with E-state index in [-0.39, 0.29) is 0 Å². The highest BCUT2D eigenvalue weighted by atomic mass is 16.5. The zero-order valence-electron chi connectivity index (χ0n) is 8.79. The highest BCUT2D eigenvalue weighted by molar-refractivity contribution is 5.32. The van der Waals surface area contributed by atoms with Gasteiger partial charge in [-0.15, -0.1) is 0 Å². The van der Waals surface area contributed by atoms with Gasteiger partial charge in [0.25, 0.3) is 0 Å². The van der Waals surface area contributed by atoms with Gasteiger partial charge in [0.05, 0.1) is 0 Å². The highest BCUT2D eigenvalue weighted by Gasteiger charge is 2.04. The van der Waals surface area contributed by atoms with E-state index in [9.17, 15) is 5.11 Å². The van der Waals surface area contributed by atoms with Crippen molar-refractivity contribution < 1.29 is 15.6 Å². The Labute approximate surface area is 84.5 Å². The van der Waals surface area contributed by atoms with E-state index in [1.54, 1.807) is 0 Å². The molecule has 3 heteroatoms. The zero-order valence-corrected chi connectivity index (χ0v) is 8.79. The molecule has 0 heterocycles. The third-order valence-corrected chi connectivity index (χ3v) is 1.97. The topological polar surface area (TPSA) is 57.1 Å². The average molecular weight is 196 g/mol. The molecule has 1 atom stereocenters. The highest BCUT2D eigenvalue weighted by Crippen LogP contribution is 2.16. The van der Waals surface area contributed by atoms with Crippen LogP contribution < -0.4 is 10.5 Å². The van der Waals surface area contributed by atoms with E-state index >= 15 is 0 Å². The summed E-state index contributed by atoms with van der Waals surface area (Å²) in [6.45, 7) is 4.84. The van der Waals surface area contributed by atoms with Gasteiger partial charge in [0.1, 0.15) is 25.0 Å². The number of quaternary nitrogens is 1. The molecule has 0 bridgehead atoms. The Kier molecular flexibility index (Phi) is 3.92. The molecule has 1 rings (SSSR count). The molecular formula is C11H18NO2+. The monoisotopic (exact) mass is 196 g/mol. The van der Waals surface area contributed by atoms with Crippen LogP contribution in [0.4, 0.5) is 0 Å². The van der Waals surface area contributed by atoms with Crippen LogP contribution >= 0.6 is 0 Å². The van der Waals surface area contributed by atoms with E-state index in [0.717, 1.165) is 5.75 Å². The van der Waals surface area contributed by atoms with Crippen molar-refractivity contribution in [1.29, 1.82) is 0 Å². The minimum Gasteiger partial charge on any atom is -0.491 e. The lowest BCUT2D eigenvalue weighted by Crippen LogP contribution is -2.56. The Balaban J connectivity index is 2.58. The Hall–Kier alpha value is -1.06. The molecule has 0 spiro atoms. The van der Waals surface area contributed by atoms with Gasteiger partial charge < -0.3 is 15.6 Å². The number of rotatable bonds is 4. The average Bonchev–Trinajstić information content (AvgIpc) is 2.12. The van der Waals surface area contributed by atoms with Crippen molar-refractivity contribution in [1.82, 2.24) is 0 Å². The third-order valence-electron chi connectivity index (χ3n) is 1.97. The fourth-order valence-electron chi connectivity index (χ4n) is 1.29. The van der Waals surface area contributed by atoms with E-state index in [4.69, 9.17) is 4.74 Å². The number of hydrogen-bond donors (Lipinski definition) is 2. The molecule has 0 aliphatic carbocycles. The van der Waals surface area contributed by atoms with Crippen LogP contribution in [0, 0.1) is 13.8 Å². The molecule has 3 nitrogen and oxygen atoms in total. The smallest absolute Gasteiger partial charge is 0.136 e. The summed E-state index contributed by atoms with van der Waals surface area (Å²) < 4.78 is 5.43. The maximum absolute atomic E-state index is 9.27. The van der Waals surface area contributed by atoms with Crippen molar-refractivity contribution >= 4 is 0 Å². The first-order chi connectivity index (χ1) is 6.61. The summed E-state index contributed by atoms with van der Waals surface area (Å²) >= 11 is 0. The standard InChI is InChI=1S/C11H17NO2/c1-8-3-9(2)5-11(4-8)14-7-10(13)6-12/h3-5,10,13H,6-7,12H2,1-2H3/p+1/t10-/m0/s1. The number of aliphatic hydroxyl groups excluding tert-OH is 1. The second-order valence-corrected chi connectivity index (χ2v) is 3.58. The fourth-order valence-corrected chi connectivity index (χ4v) is 1.29. The van der Waals surface area contributed by atoms with Gasteiger partial charge in [-0.05, 0) is 37.1 Å². The van der Waals surface area contributed by atoms with E-state index in [1.165, 1.54) is 11.1 Å². The number of hydrogen-bond acceptors (Lipinski definition) is 2. The second-order valence-electron chi connectivity index (χ2n) is 3.58. The Morgan fingerprint density at radius 2 is 1.86 bits per heavy atom. The Morgan fingerprint density at radius 1 is 1.29 bits per heavy atom. The van der Waals surface area contributed by atoms with Crippen molar-refractivity contribution in [3.63, 3.8) is 0 Å². The maximum atomic E-state index is 9.27. The minimum atomic E-state index is -0.476. The molecule has 4 N–H and O–H groups in total. The van der Waals surface area contributed by atoms with Crippen LogP contribution in [0.2, 0.25) is 0 Å². The van der Waals surface area contributed by atoms with Crippen molar-refractivity contribution in [3.8, 4) is 5.75 Å². The molecule has 0 saturated carbocycles.